The van der Waals surface area contributed by atoms with Crippen molar-refractivity contribution in [1.82, 2.24) is 9.80 Å². The molecule has 88 valence electrons. The van der Waals surface area contributed by atoms with Crippen LogP contribution in [0.1, 0.15) is 13.3 Å². The van der Waals surface area contributed by atoms with Gasteiger partial charge in [0.1, 0.15) is 0 Å². The van der Waals surface area contributed by atoms with Gasteiger partial charge >= 0.3 is 0 Å². The summed E-state index contributed by atoms with van der Waals surface area (Å²) in [5.74, 6) is 2.30. The summed E-state index contributed by atoms with van der Waals surface area (Å²) in [6.45, 7) is 3.75. The molecule has 2 N–H and O–H groups in total. The lowest BCUT2D eigenvalue weighted by atomic mass is 10.2. The van der Waals surface area contributed by atoms with Gasteiger partial charge in [-0.05, 0) is 0 Å². The van der Waals surface area contributed by atoms with Crippen LogP contribution in [0.2, 0.25) is 0 Å². The van der Waals surface area contributed by atoms with Gasteiger partial charge in [-0.15, -0.1) is 12.3 Å². The van der Waals surface area contributed by atoms with Crippen molar-refractivity contribution in [3.8, 4) is 12.3 Å². The number of terminal acetylenes is 1. The van der Waals surface area contributed by atoms with Gasteiger partial charge in [-0.1, -0.05) is 0 Å². The summed E-state index contributed by atoms with van der Waals surface area (Å²) < 4.78 is 0. The maximum Gasteiger partial charge on any atom is 0.240 e. The first-order chi connectivity index (χ1) is 7.56. The van der Waals surface area contributed by atoms with Gasteiger partial charge in [0.05, 0.1) is 6.04 Å². The molecular weight excluding hydrogens is 206 g/mol. The van der Waals surface area contributed by atoms with Crippen LogP contribution in [-0.4, -0.2) is 53.8 Å². The lowest BCUT2D eigenvalue weighted by Gasteiger charge is -2.35. The molecule has 0 aliphatic carbocycles. The van der Waals surface area contributed by atoms with Crippen LogP contribution in [0.3, 0.4) is 0 Å². The fourth-order valence-corrected chi connectivity index (χ4v) is 1.69. The van der Waals surface area contributed by atoms with Crippen LogP contribution >= 0.6 is 0 Å². The van der Waals surface area contributed by atoms with Gasteiger partial charge < -0.3 is 15.5 Å². The minimum atomic E-state index is -0.617. The highest BCUT2D eigenvalue weighted by molar-refractivity contribution is 5.82. The van der Waals surface area contributed by atoms with E-state index >= 15 is 0 Å². The molecule has 1 unspecified atom stereocenters. The maximum atomic E-state index is 11.8. The lowest BCUT2D eigenvalue weighted by molar-refractivity contribution is -0.139. The van der Waals surface area contributed by atoms with Crippen LogP contribution in [-0.2, 0) is 9.59 Å². The molecule has 1 fully saturated rings. The fraction of sp³-hybridized carbons (Fsp3) is 0.636. The van der Waals surface area contributed by atoms with Gasteiger partial charge in [-0.25, -0.2) is 0 Å². The van der Waals surface area contributed by atoms with E-state index in [0.29, 0.717) is 26.2 Å². The van der Waals surface area contributed by atoms with Crippen LogP contribution in [0, 0.1) is 12.3 Å². The number of carbonyl (C=O) groups is 2. The van der Waals surface area contributed by atoms with E-state index in [1.54, 1.807) is 9.80 Å². The molecule has 1 aliphatic heterocycles. The molecule has 5 nitrogen and oxygen atoms in total. The summed E-state index contributed by atoms with van der Waals surface area (Å²) in [6.07, 6.45) is 5.36. The zero-order valence-electron chi connectivity index (χ0n) is 9.48. The Morgan fingerprint density at radius 2 is 1.81 bits per heavy atom. The molecule has 1 rings (SSSR count). The van der Waals surface area contributed by atoms with E-state index < -0.39 is 6.04 Å². The predicted molar refractivity (Wildman–Crippen MR) is 60.3 cm³/mol. The Kier molecular flexibility index (Phi) is 4.32. The summed E-state index contributed by atoms with van der Waals surface area (Å²) in [6, 6.07) is -0.617. The first-order valence-corrected chi connectivity index (χ1v) is 5.29. The van der Waals surface area contributed by atoms with E-state index in [9.17, 15) is 9.59 Å². The molecule has 0 radical (unpaired) electrons. The highest BCUT2D eigenvalue weighted by Gasteiger charge is 2.25. The van der Waals surface area contributed by atoms with Crippen molar-refractivity contribution in [3.05, 3.63) is 0 Å². The normalized spacial score (nSPS) is 17.8. The molecule has 0 aromatic rings. The third-order valence-electron chi connectivity index (χ3n) is 2.69. The number of nitrogens with two attached hydrogens (primary N) is 1. The quantitative estimate of drug-likeness (QED) is 0.612. The third-order valence-corrected chi connectivity index (χ3v) is 2.69. The van der Waals surface area contributed by atoms with Gasteiger partial charge in [0.2, 0.25) is 11.8 Å². The fourth-order valence-electron chi connectivity index (χ4n) is 1.69. The van der Waals surface area contributed by atoms with Crippen LogP contribution in [0.5, 0.6) is 0 Å². The van der Waals surface area contributed by atoms with E-state index in [0.717, 1.165) is 0 Å². The number of amides is 2. The Bertz CT molecular complexity index is 314. The number of piperazine rings is 1. The zero-order valence-corrected chi connectivity index (χ0v) is 9.48. The minimum Gasteiger partial charge on any atom is -0.339 e. The van der Waals surface area contributed by atoms with Gasteiger partial charge in [-0.2, -0.15) is 0 Å². The van der Waals surface area contributed by atoms with Crippen molar-refractivity contribution in [3.63, 3.8) is 0 Å². The number of rotatable bonds is 2. The number of carbonyl (C=O) groups excluding carboxylic acids is 2. The van der Waals surface area contributed by atoms with Gasteiger partial charge in [0.15, 0.2) is 0 Å². The zero-order chi connectivity index (χ0) is 12.1. The SMILES string of the molecule is C#CCC(N)C(=O)N1CCN(C(C)=O)CC1. The molecule has 0 bridgehead atoms. The molecular formula is C11H17N3O2. The Morgan fingerprint density at radius 3 is 2.25 bits per heavy atom. The molecule has 2 amide bonds. The highest BCUT2D eigenvalue weighted by atomic mass is 16.2. The van der Waals surface area contributed by atoms with Crippen molar-refractivity contribution in [2.75, 3.05) is 26.2 Å². The number of hydrogen-bond acceptors (Lipinski definition) is 3. The van der Waals surface area contributed by atoms with E-state index in [1.165, 1.54) is 6.92 Å². The van der Waals surface area contributed by atoms with Crippen molar-refractivity contribution >= 4 is 11.8 Å². The summed E-state index contributed by atoms with van der Waals surface area (Å²) in [7, 11) is 0. The van der Waals surface area contributed by atoms with Crippen LogP contribution < -0.4 is 5.73 Å². The summed E-state index contributed by atoms with van der Waals surface area (Å²) in [4.78, 5) is 26.2. The van der Waals surface area contributed by atoms with Gasteiger partial charge in [0, 0.05) is 39.5 Å². The highest BCUT2D eigenvalue weighted by Crippen LogP contribution is 2.04. The van der Waals surface area contributed by atoms with Crippen LogP contribution in [0.15, 0.2) is 0 Å². The second kappa shape index (κ2) is 5.52. The third kappa shape index (κ3) is 2.97. The van der Waals surface area contributed by atoms with E-state index in [2.05, 4.69) is 5.92 Å². The molecule has 0 spiro atoms. The molecule has 1 heterocycles. The first kappa shape index (κ1) is 12.5. The van der Waals surface area contributed by atoms with Crippen LogP contribution in [0.4, 0.5) is 0 Å². The molecule has 16 heavy (non-hydrogen) atoms. The van der Waals surface area contributed by atoms with Crippen molar-refractivity contribution in [1.29, 1.82) is 0 Å². The Hall–Kier alpha value is -1.54. The van der Waals surface area contributed by atoms with E-state index in [4.69, 9.17) is 12.2 Å². The lowest BCUT2D eigenvalue weighted by Crippen LogP contribution is -2.53. The van der Waals surface area contributed by atoms with Crippen LogP contribution in [0.25, 0.3) is 0 Å². The summed E-state index contributed by atoms with van der Waals surface area (Å²) >= 11 is 0. The Morgan fingerprint density at radius 1 is 1.31 bits per heavy atom. The standard InChI is InChI=1S/C11H17N3O2/c1-3-4-10(12)11(16)14-7-5-13(6-8-14)9(2)15/h1,10H,4-8,12H2,2H3. The van der Waals surface area contributed by atoms with Crippen molar-refractivity contribution < 1.29 is 9.59 Å². The second-order valence-electron chi connectivity index (χ2n) is 3.85. The Balaban J connectivity index is 2.45. The molecule has 0 aromatic carbocycles. The smallest absolute Gasteiger partial charge is 0.240 e. The molecule has 1 atom stereocenters. The van der Waals surface area contributed by atoms with Crippen molar-refractivity contribution in [2.45, 2.75) is 19.4 Å². The molecule has 1 aliphatic rings. The van der Waals surface area contributed by atoms with E-state index in [1.807, 2.05) is 0 Å². The average molecular weight is 223 g/mol. The van der Waals surface area contributed by atoms with Gasteiger partial charge in [-0.3, -0.25) is 9.59 Å². The molecule has 0 saturated carbocycles. The predicted octanol–water partition coefficient (Wildman–Crippen LogP) is -0.972. The summed E-state index contributed by atoms with van der Waals surface area (Å²) in [5.41, 5.74) is 5.64. The largest absolute Gasteiger partial charge is 0.339 e. The van der Waals surface area contributed by atoms with Gasteiger partial charge in [0.25, 0.3) is 0 Å². The van der Waals surface area contributed by atoms with E-state index in [-0.39, 0.29) is 18.2 Å². The molecule has 1 saturated heterocycles. The topological polar surface area (TPSA) is 66.6 Å². The number of nitrogens with zero attached hydrogens (tertiary/aromatic N) is 2. The second-order valence-corrected chi connectivity index (χ2v) is 3.85. The molecule has 0 aromatic heterocycles. The minimum absolute atomic E-state index is 0.0417. The van der Waals surface area contributed by atoms with Crippen molar-refractivity contribution in [2.24, 2.45) is 5.73 Å². The Labute approximate surface area is 95.6 Å². The summed E-state index contributed by atoms with van der Waals surface area (Å²) in [5, 5.41) is 0. The monoisotopic (exact) mass is 223 g/mol. The molecule has 5 heteroatoms. The average Bonchev–Trinajstić information content (AvgIpc) is 2.28. The maximum absolute atomic E-state index is 11.8. The first-order valence-electron chi connectivity index (χ1n) is 5.29. The number of hydrogen-bond donors (Lipinski definition) is 1.